The lowest BCUT2D eigenvalue weighted by atomic mass is 10.2. The van der Waals surface area contributed by atoms with Crippen molar-refractivity contribution in [1.29, 1.82) is 0 Å². The van der Waals surface area contributed by atoms with E-state index in [0.717, 1.165) is 0 Å². The van der Waals surface area contributed by atoms with Crippen LogP contribution in [-0.2, 0) is 0 Å². The molecule has 2 rings (SSSR count). The maximum atomic E-state index is 10.9. The molecule has 0 atom stereocenters. The van der Waals surface area contributed by atoms with Crippen molar-refractivity contribution in [1.82, 2.24) is 0 Å². The van der Waals surface area contributed by atoms with Gasteiger partial charge in [-0.2, -0.15) is 0 Å². The number of carbonyl (C=O) groups excluding carboxylic acids is 1. The fourth-order valence-electron chi connectivity index (χ4n) is 1.37. The third kappa shape index (κ3) is 2.96. The molecule has 5 heteroatoms. The first-order valence-electron chi connectivity index (χ1n) is 4.98. The largest absolute Gasteiger partial charge is 0.455 e. The van der Waals surface area contributed by atoms with E-state index in [-0.39, 0.29) is 0 Å². The van der Waals surface area contributed by atoms with Crippen LogP contribution in [0.15, 0.2) is 36.4 Å². The molecule has 0 fully saturated rings. The van der Waals surface area contributed by atoms with Crippen molar-refractivity contribution in [2.24, 2.45) is 0 Å². The van der Waals surface area contributed by atoms with Crippen molar-refractivity contribution in [3.8, 4) is 11.5 Å². The van der Waals surface area contributed by atoms with Crippen molar-refractivity contribution < 1.29 is 9.53 Å². The summed E-state index contributed by atoms with van der Waals surface area (Å²) < 4.78 is 5.56. The first kappa shape index (κ1) is 13.2. The second kappa shape index (κ2) is 5.61. The standard InChI is InChI=1S/C13H7Cl3O2/c14-9-3-4-12(11(16)5-9)18-13-6-10(15)2-1-8(13)7-17/h1-7H. The second-order valence-electron chi connectivity index (χ2n) is 3.48. The Kier molecular flexibility index (Phi) is 4.12. The normalized spacial score (nSPS) is 10.2. The molecule has 0 saturated carbocycles. The molecular weight excluding hydrogens is 294 g/mol. The van der Waals surface area contributed by atoms with E-state index in [1.807, 2.05) is 0 Å². The number of halogens is 3. The molecule has 2 aromatic rings. The van der Waals surface area contributed by atoms with Crippen LogP contribution in [0.3, 0.4) is 0 Å². The van der Waals surface area contributed by atoms with Gasteiger partial charge in [0.05, 0.1) is 10.6 Å². The average molecular weight is 302 g/mol. The third-order valence-electron chi connectivity index (χ3n) is 2.22. The van der Waals surface area contributed by atoms with Gasteiger partial charge >= 0.3 is 0 Å². The van der Waals surface area contributed by atoms with Gasteiger partial charge in [0.15, 0.2) is 6.29 Å². The molecule has 92 valence electrons. The predicted molar refractivity (Wildman–Crippen MR) is 73.4 cm³/mol. The van der Waals surface area contributed by atoms with Crippen LogP contribution in [0.1, 0.15) is 10.4 Å². The summed E-state index contributed by atoms with van der Waals surface area (Å²) in [6, 6.07) is 9.57. The van der Waals surface area contributed by atoms with Gasteiger partial charge in [0, 0.05) is 16.1 Å². The average Bonchev–Trinajstić information content (AvgIpc) is 2.33. The molecule has 0 N–H and O–H groups in total. The highest BCUT2D eigenvalue weighted by atomic mass is 35.5. The molecule has 0 aliphatic heterocycles. The monoisotopic (exact) mass is 300 g/mol. The van der Waals surface area contributed by atoms with Gasteiger partial charge in [-0.25, -0.2) is 0 Å². The van der Waals surface area contributed by atoms with Gasteiger partial charge < -0.3 is 4.74 Å². The molecule has 0 aromatic heterocycles. The molecule has 0 unspecified atom stereocenters. The number of aldehydes is 1. The van der Waals surface area contributed by atoms with Crippen molar-refractivity contribution in [2.75, 3.05) is 0 Å². The van der Waals surface area contributed by atoms with Gasteiger partial charge in [0.25, 0.3) is 0 Å². The van der Waals surface area contributed by atoms with Crippen molar-refractivity contribution in [2.45, 2.75) is 0 Å². The minimum Gasteiger partial charge on any atom is -0.455 e. The second-order valence-corrected chi connectivity index (χ2v) is 4.76. The maximum absolute atomic E-state index is 10.9. The highest BCUT2D eigenvalue weighted by molar-refractivity contribution is 6.35. The Balaban J connectivity index is 2.39. The molecule has 0 aliphatic rings. The Morgan fingerprint density at radius 3 is 2.22 bits per heavy atom. The van der Waals surface area contributed by atoms with Crippen molar-refractivity contribution in [3.63, 3.8) is 0 Å². The highest BCUT2D eigenvalue weighted by Gasteiger charge is 2.08. The number of benzene rings is 2. The van der Waals surface area contributed by atoms with Crippen molar-refractivity contribution >= 4 is 41.1 Å². The van der Waals surface area contributed by atoms with Gasteiger partial charge in [-0.3, -0.25) is 4.79 Å². The lowest BCUT2D eigenvalue weighted by Gasteiger charge is -2.10. The molecular formula is C13H7Cl3O2. The summed E-state index contributed by atoms with van der Waals surface area (Å²) >= 11 is 17.6. The quantitative estimate of drug-likeness (QED) is 0.724. The summed E-state index contributed by atoms with van der Waals surface area (Å²) in [6.45, 7) is 0. The lowest BCUT2D eigenvalue weighted by molar-refractivity contribution is 0.112. The summed E-state index contributed by atoms with van der Waals surface area (Å²) in [5.74, 6) is 0.758. The van der Waals surface area contributed by atoms with Crippen LogP contribution in [-0.4, -0.2) is 6.29 Å². The fraction of sp³-hybridized carbons (Fsp3) is 0. The zero-order valence-corrected chi connectivity index (χ0v) is 11.3. The smallest absolute Gasteiger partial charge is 0.153 e. The zero-order valence-electron chi connectivity index (χ0n) is 8.99. The number of rotatable bonds is 3. The van der Waals surface area contributed by atoms with Crippen LogP contribution in [0.5, 0.6) is 11.5 Å². The Hall–Kier alpha value is -1.22. The van der Waals surface area contributed by atoms with E-state index >= 15 is 0 Å². The molecule has 18 heavy (non-hydrogen) atoms. The summed E-state index contributed by atoms with van der Waals surface area (Å²) in [5, 5.41) is 1.34. The van der Waals surface area contributed by atoms with Crippen LogP contribution < -0.4 is 4.74 Å². The minimum atomic E-state index is 0.349. The summed E-state index contributed by atoms with van der Waals surface area (Å²) in [7, 11) is 0. The van der Waals surface area contributed by atoms with Gasteiger partial charge in [-0.1, -0.05) is 34.8 Å². The van der Waals surface area contributed by atoms with E-state index in [1.54, 1.807) is 36.4 Å². The van der Waals surface area contributed by atoms with Crippen LogP contribution >= 0.6 is 34.8 Å². The number of ether oxygens (including phenoxy) is 1. The predicted octanol–water partition coefficient (Wildman–Crippen LogP) is 5.25. The number of carbonyl (C=O) groups is 1. The highest BCUT2D eigenvalue weighted by Crippen LogP contribution is 2.33. The third-order valence-corrected chi connectivity index (χ3v) is 2.98. The van der Waals surface area contributed by atoms with Crippen LogP contribution in [0.25, 0.3) is 0 Å². The minimum absolute atomic E-state index is 0.349. The Morgan fingerprint density at radius 1 is 0.889 bits per heavy atom. The number of hydrogen-bond acceptors (Lipinski definition) is 2. The van der Waals surface area contributed by atoms with E-state index in [4.69, 9.17) is 39.5 Å². The first-order valence-corrected chi connectivity index (χ1v) is 6.11. The summed E-state index contributed by atoms with van der Waals surface area (Å²) in [5.41, 5.74) is 0.394. The Labute approximate surface area is 119 Å². The molecule has 0 radical (unpaired) electrons. The molecule has 0 amide bonds. The molecule has 0 heterocycles. The molecule has 0 spiro atoms. The van der Waals surface area contributed by atoms with Gasteiger partial charge in [-0.05, 0) is 30.3 Å². The lowest BCUT2D eigenvalue weighted by Crippen LogP contribution is -1.91. The van der Waals surface area contributed by atoms with E-state index in [2.05, 4.69) is 0 Å². The van der Waals surface area contributed by atoms with Crippen LogP contribution in [0, 0.1) is 0 Å². The van der Waals surface area contributed by atoms with E-state index < -0.39 is 0 Å². The SMILES string of the molecule is O=Cc1ccc(Cl)cc1Oc1ccc(Cl)cc1Cl. The van der Waals surface area contributed by atoms with Crippen molar-refractivity contribution in [3.05, 3.63) is 57.0 Å². The molecule has 0 bridgehead atoms. The summed E-state index contributed by atoms with van der Waals surface area (Å²) in [4.78, 5) is 10.9. The maximum Gasteiger partial charge on any atom is 0.153 e. The fourth-order valence-corrected chi connectivity index (χ4v) is 1.98. The van der Waals surface area contributed by atoms with Gasteiger partial charge in [0.1, 0.15) is 11.5 Å². The van der Waals surface area contributed by atoms with Crippen LogP contribution in [0.4, 0.5) is 0 Å². The van der Waals surface area contributed by atoms with Gasteiger partial charge in [-0.15, -0.1) is 0 Å². The molecule has 2 aromatic carbocycles. The van der Waals surface area contributed by atoms with E-state index in [1.165, 1.54) is 0 Å². The van der Waals surface area contributed by atoms with Gasteiger partial charge in [0.2, 0.25) is 0 Å². The first-order chi connectivity index (χ1) is 8.60. The summed E-state index contributed by atoms with van der Waals surface area (Å²) in [6.07, 6.45) is 0.690. The Bertz CT molecular complexity index is 597. The van der Waals surface area contributed by atoms with Crippen LogP contribution in [0.2, 0.25) is 15.1 Å². The Morgan fingerprint density at radius 2 is 1.56 bits per heavy atom. The molecule has 0 aliphatic carbocycles. The topological polar surface area (TPSA) is 26.3 Å². The number of hydrogen-bond donors (Lipinski definition) is 0. The zero-order chi connectivity index (χ0) is 13.1. The van der Waals surface area contributed by atoms with E-state index in [9.17, 15) is 4.79 Å². The molecule has 0 saturated heterocycles. The molecule has 2 nitrogen and oxygen atoms in total. The van der Waals surface area contributed by atoms with E-state index in [0.29, 0.717) is 38.4 Å².